The number of piperidine rings is 1. The number of nitrogens with zero attached hydrogens (tertiary/aromatic N) is 3. The lowest BCUT2D eigenvalue weighted by molar-refractivity contribution is 0.0687. The number of benzene rings is 1. The van der Waals surface area contributed by atoms with Gasteiger partial charge in [0.2, 0.25) is 0 Å². The number of nitrogens with one attached hydrogen (secondary N) is 1. The predicted molar refractivity (Wildman–Crippen MR) is 90.7 cm³/mol. The van der Waals surface area contributed by atoms with E-state index in [9.17, 15) is 4.79 Å². The summed E-state index contributed by atoms with van der Waals surface area (Å²) in [5, 5.41) is 3.21. The average Bonchev–Trinajstić information content (AvgIpc) is 3.14. The van der Waals surface area contributed by atoms with Crippen molar-refractivity contribution in [2.45, 2.75) is 19.3 Å². The SMILES string of the molecule is CNCCC1CCN(C(=O)c2cccc(-n3ccnc3)c2)CC1. The minimum atomic E-state index is 0.138. The summed E-state index contributed by atoms with van der Waals surface area (Å²) in [6, 6.07) is 7.76. The Kier molecular flexibility index (Phi) is 5.08. The third-order valence-electron chi connectivity index (χ3n) is 4.60. The van der Waals surface area contributed by atoms with Crippen LogP contribution in [0.5, 0.6) is 0 Å². The van der Waals surface area contributed by atoms with Crippen LogP contribution in [0.25, 0.3) is 5.69 Å². The van der Waals surface area contributed by atoms with Crippen molar-refractivity contribution in [2.24, 2.45) is 5.92 Å². The first-order valence-electron chi connectivity index (χ1n) is 8.30. The zero-order valence-electron chi connectivity index (χ0n) is 13.6. The quantitative estimate of drug-likeness (QED) is 0.922. The van der Waals surface area contributed by atoms with Crippen molar-refractivity contribution >= 4 is 5.91 Å². The molecule has 5 heteroatoms. The van der Waals surface area contributed by atoms with Crippen molar-refractivity contribution in [1.82, 2.24) is 19.8 Å². The number of imidazole rings is 1. The molecular weight excluding hydrogens is 288 g/mol. The highest BCUT2D eigenvalue weighted by atomic mass is 16.2. The molecule has 3 rings (SSSR count). The van der Waals surface area contributed by atoms with Crippen LogP contribution in [0.2, 0.25) is 0 Å². The lowest BCUT2D eigenvalue weighted by atomic mass is 9.93. The molecule has 1 aromatic heterocycles. The van der Waals surface area contributed by atoms with Gasteiger partial charge in [0.15, 0.2) is 0 Å². The van der Waals surface area contributed by atoms with Crippen molar-refractivity contribution in [3.05, 3.63) is 48.5 Å². The largest absolute Gasteiger partial charge is 0.339 e. The number of hydrogen-bond donors (Lipinski definition) is 1. The second kappa shape index (κ2) is 7.42. The lowest BCUT2D eigenvalue weighted by Crippen LogP contribution is -2.39. The van der Waals surface area contributed by atoms with Crippen LogP contribution in [-0.4, -0.2) is 47.0 Å². The van der Waals surface area contributed by atoms with E-state index in [0.29, 0.717) is 0 Å². The molecule has 1 aliphatic heterocycles. The highest BCUT2D eigenvalue weighted by Crippen LogP contribution is 2.22. The highest BCUT2D eigenvalue weighted by molar-refractivity contribution is 5.94. The Morgan fingerprint density at radius 3 is 2.87 bits per heavy atom. The Bertz CT molecular complexity index is 630. The number of rotatable bonds is 5. The highest BCUT2D eigenvalue weighted by Gasteiger charge is 2.23. The van der Waals surface area contributed by atoms with Crippen LogP contribution >= 0.6 is 0 Å². The summed E-state index contributed by atoms with van der Waals surface area (Å²) in [5.41, 5.74) is 1.72. The molecule has 0 atom stereocenters. The maximum absolute atomic E-state index is 12.7. The maximum atomic E-state index is 12.7. The van der Waals surface area contributed by atoms with Crippen LogP contribution in [0.3, 0.4) is 0 Å². The van der Waals surface area contributed by atoms with Crippen molar-refractivity contribution in [3.63, 3.8) is 0 Å². The Morgan fingerprint density at radius 1 is 1.35 bits per heavy atom. The van der Waals surface area contributed by atoms with Gasteiger partial charge in [-0.3, -0.25) is 4.79 Å². The molecule has 5 nitrogen and oxygen atoms in total. The minimum absolute atomic E-state index is 0.138. The summed E-state index contributed by atoms with van der Waals surface area (Å²) >= 11 is 0. The number of carbonyl (C=O) groups is 1. The van der Waals surface area contributed by atoms with Gasteiger partial charge in [0.05, 0.1) is 6.33 Å². The molecule has 0 spiro atoms. The molecule has 1 amide bonds. The van der Waals surface area contributed by atoms with Gasteiger partial charge in [-0.05, 0) is 57.0 Å². The van der Waals surface area contributed by atoms with Gasteiger partial charge in [0.25, 0.3) is 5.91 Å². The number of carbonyl (C=O) groups excluding carboxylic acids is 1. The normalized spacial score (nSPS) is 15.8. The van der Waals surface area contributed by atoms with Gasteiger partial charge < -0.3 is 14.8 Å². The van der Waals surface area contributed by atoms with Crippen molar-refractivity contribution in [3.8, 4) is 5.69 Å². The molecule has 23 heavy (non-hydrogen) atoms. The van der Waals surface area contributed by atoms with Crippen LogP contribution < -0.4 is 5.32 Å². The van der Waals surface area contributed by atoms with E-state index in [4.69, 9.17) is 0 Å². The zero-order chi connectivity index (χ0) is 16.1. The van der Waals surface area contributed by atoms with E-state index in [1.54, 1.807) is 12.5 Å². The van der Waals surface area contributed by atoms with Gasteiger partial charge >= 0.3 is 0 Å². The molecule has 1 N–H and O–H groups in total. The molecule has 122 valence electrons. The number of amides is 1. The van der Waals surface area contributed by atoms with Crippen LogP contribution in [0.15, 0.2) is 43.0 Å². The summed E-state index contributed by atoms with van der Waals surface area (Å²) < 4.78 is 1.92. The second-order valence-corrected chi connectivity index (χ2v) is 6.15. The van der Waals surface area contributed by atoms with Gasteiger partial charge in [-0.1, -0.05) is 6.07 Å². The Balaban J connectivity index is 1.64. The molecule has 1 fully saturated rings. The topological polar surface area (TPSA) is 50.2 Å². The minimum Gasteiger partial charge on any atom is -0.339 e. The summed E-state index contributed by atoms with van der Waals surface area (Å²) in [7, 11) is 1.99. The molecule has 2 aromatic rings. The molecule has 0 unspecified atom stereocenters. The summed E-state index contributed by atoms with van der Waals surface area (Å²) in [6.45, 7) is 2.79. The Labute approximate surface area is 137 Å². The molecular formula is C18H24N4O. The van der Waals surface area contributed by atoms with Crippen molar-refractivity contribution in [1.29, 1.82) is 0 Å². The van der Waals surface area contributed by atoms with E-state index in [1.165, 1.54) is 6.42 Å². The van der Waals surface area contributed by atoms with Gasteiger partial charge in [-0.25, -0.2) is 4.98 Å². The Hall–Kier alpha value is -2.14. The van der Waals surface area contributed by atoms with E-state index >= 15 is 0 Å². The van der Waals surface area contributed by atoms with E-state index in [1.807, 2.05) is 47.0 Å². The molecule has 0 bridgehead atoms. The average molecular weight is 312 g/mol. The Morgan fingerprint density at radius 2 is 2.17 bits per heavy atom. The number of aromatic nitrogens is 2. The van der Waals surface area contributed by atoms with Gasteiger partial charge in [0, 0.05) is 36.7 Å². The smallest absolute Gasteiger partial charge is 0.253 e. The molecule has 1 aromatic carbocycles. The van der Waals surface area contributed by atoms with Crippen LogP contribution in [0.4, 0.5) is 0 Å². The first kappa shape index (κ1) is 15.7. The molecule has 0 aliphatic carbocycles. The van der Waals surface area contributed by atoms with E-state index < -0.39 is 0 Å². The first-order chi connectivity index (χ1) is 11.3. The van der Waals surface area contributed by atoms with E-state index in [-0.39, 0.29) is 5.91 Å². The third kappa shape index (κ3) is 3.79. The van der Waals surface area contributed by atoms with Crippen molar-refractivity contribution < 1.29 is 4.79 Å². The monoisotopic (exact) mass is 312 g/mol. The van der Waals surface area contributed by atoms with Crippen LogP contribution in [0, 0.1) is 5.92 Å². The fourth-order valence-corrected chi connectivity index (χ4v) is 3.17. The second-order valence-electron chi connectivity index (χ2n) is 6.15. The third-order valence-corrected chi connectivity index (χ3v) is 4.60. The summed E-state index contributed by atoms with van der Waals surface area (Å²) in [5.74, 6) is 0.878. The van der Waals surface area contributed by atoms with Crippen LogP contribution in [0.1, 0.15) is 29.6 Å². The summed E-state index contributed by atoms with van der Waals surface area (Å²) in [6.07, 6.45) is 8.79. The molecule has 1 aliphatic rings. The lowest BCUT2D eigenvalue weighted by Gasteiger charge is -2.32. The van der Waals surface area contributed by atoms with Crippen LogP contribution in [-0.2, 0) is 0 Å². The van der Waals surface area contributed by atoms with E-state index in [2.05, 4.69) is 10.3 Å². The molecule has 1 saturated heterocycles. The number of hydrogen-bond acceptors (Lipinski definition) is 3. The number of likely N-dealkylation sites (tertiary alicyclic amines) is 1. The maximum Gasteiger partial charge on any atom is 0.253 e. The molecule has 0 saturated carbocycles. The fourth-order valence-electron chi connectivity index (χ4n) is 3.17. The van der Waals surface area contributed by atoms with Gasteiger partial charge in [0.1, 0.15) is 0 Å². The standard InChI is InChI=1S/C18H24N4O/c1-19-8-5-15-6-10-21(11-7-15)18(23)16-3-2-4-17(13-16)22-12-9-20-14-22/h2-4,9,12-15,19H,5-8,10-11H2,1H3. The fraction of sp³-hybridized carbons (Fsp3) is 0.444. The summed E-state index contributed by atoms with van der Waals surface area (Å²) in [4.78, 5) is 18.8. The van der Waals surface area contributed by atoms with E-state index in [0.717, 1.165) is 49.6 Å². The molecule has 2 heterocycles. The van der Waals surface area contributed by atoms with Crippen molar-refractivity contribution in [2.75, 3.05) is 26.7 Å². The predicted octanol–water partition coefficient (Wildman–Crippen LogP) is 2.33. The molecule has 0 radical (unpaired) electrons. The van der Waals surface area contributed by atoms with Gasteiger partial charge in [-0.2, -0.15) is 0 Å². The zero-order valence-corrected chi connectivity index (χ0v) is 13.6. The van der Waals surface area contributed by atoms with Gasteiger partial charge in [-0.15, -0.1) is 0 Å². The first-order valence-corrected chi connectivity index (χ1v) is 8.30.